The lowest BCUT2D eigenvalue weighted by Gasteiger charge is -2.20. The fraction of sp³-hybridized carbons (Fsp3) is 0. The minimum absolute atomic E-state index is 0.919. The predicted molar refractivity (Wildman–Crippen MR) is 192 cm³/mol. The van der Waals surface area contributed by atoms with Crippen LogP contribution in [0.25, 0.3) is 98.1 Å². The Morgan fingerprint density at radius 3 is 1.33 bits per heavy atom. The summed E-state index contributed by atoms with van der Waals surface area (Å²) in [4.78, 5) is 0. The molecule has 45 heavy (non-hydrogen) atoms. The van der Waals surface area contributed by atoms with E-state index in [0.29, 0.717) is 0 Å². The van der Waals surface area contributed by atoms with E-state index in [-0.39, 0.29) is 0 Å². The third-order valence-electron chi connectivity index (χ3n) is 9.62. The van der Waals surface area contributed by atoms with E-state index < -0.39 is 0 Å². The Hall–Kier alpha value is -5.92. The number of rotatable bonds is 2. The van der Waals surface area contributed by atoms with E-state index in [2.05, 4.69) is 152 Å². The Balaban J connectivity index is 1.41. The zero-order valence-electron chi connectivity index (χ0n) is 24.4. The average molecular weight is 571 g/mol. The molecule has 1 heteroatoms. The summed E-state index contributed by atoms with van der Waals surface area (Å²) in [6.45, 7) is 0. The van der Waals surface area contributed by atoms with E-state index in [0.717, 1.165) is 27.3 Å². The van der Waals surface area contributed by atoms with Gasteiger partial charge in [-0.15, -0.1) is 0 Å². The maximum absolute atomic E-state index is 6.48. The molecule has 0 bridgehead atoms. The molecule has 1 aromatic heterocycles. The van der Waals surface area contributed by atoms with Crippen molar-refractivity contribution < 1.29 is 4.42 Å². The van der Waals surface area contributed by atoms with Crippen LogP contribution in [0.5, 0.6) is 0 Å². The molecule has 0 amide bonds. The van der Waals surface area contributed by atoms with Gasteiger partial charge in [0.2, 0.25) is 0 Å². The monoisotopic (exact) mass is 570 g/mol. The first-order valence-corrected chi connectivity index (χ1v) is 15.5. The van der Waals surface area contributed by atoms with Crippen molar-refractivity contribution in [3.63, 3.8) is 0 Å². The summed E-state index contributed by atoms with van der Waals surface area (Å²) >= 11 is 0. The second kappa shape index (κ2) is 9.29. The number of fused-ring (bicyclic) bond motifs is 10. The van der Waals surface area contributed by atoms with E-state index in [4.69, 9.17) is 4.42 Å². The van der Waals surface area contributed by atoms with Crippen LogP contribution in [0.2, 0.25) is 0 Å². The molecular formula is C44H26O. The zero-order valence-corrected chi connectivity index (χ0v) is 24.4. The van der Waals surface area contributed by atoms with Gasteiger partial charge in [-0.05, 0) is 88.9 Å². The Kier molecular flexibility index (Phi) is 5.06. The lowest BCUT2D eigenvalue weighted by atomic mass is 9.82. The molecule has 0 saturated carbocycles. The van der Waals surface area contributed by atoms with E-state index in [1.165, 1.54) is 70.7 Å². The molecule has 9 aromatic carbocycles. The minimum atomic E-state index is 0.919. The molecular weight excluding hydrogens is 544 g/mol. The third kappa shape index (κ3) is 3.44. The van der Waals surface area contributed by atoms with Crippen LogP contribution in [0.4, 0.5) is 0 Å². The lowest BCUT2D eigenvalue weighted by molar-refractivity contribution is 0.672. The molecule has 0 spiro atoms. The van der Waals surface area contributed by atoms with Crippen LogP contribution in [-0.2, 0) is 0 Å². The number of furan rings is 1. The number of hydrogen-bond acceptors (Lipinski definition) is 1. The standard InChI is InChI=1S/C44H26O/c1-2-14-28-27(13-1)25-38(30-16-4-3-15-29(28)30)42-33-19-6-8-21-35(33)43(36-22-9-7-20-34(36)42)39-26-40-32-18-11-12-24-41(32)45-44(40)37-23-10-5-17-31(37)39/h1-26H. The summed E-state index contributed by atoms with van der Waals surface area (Å²) in [7, 11) is 0. The number of benzene rings is 9. The molecule has 0 unspecified atom stereocenters. The summed E-state index contributed by atoms with van der Waals surface area (Å²) in [5.41, 5.74) is 6.91. The molecule has 0 fully saturated rings. The molecule has 0 atom stereocenters. The average Bonchev–Trinajstić information content (AvgIpc) is 3.49. The second-order valence-corrected chi connectivity index (χ2v) is 12.0. The van der Waals surface area contributed by atoms with Gasteiger partial charge in [-0.3, -0.25) is 0 Å². The minimum Gasteiger partial charge on any atom is -0.455 e. The Morgan fingerprint density at radius 1 is 0.289 bits per heavy atom. The Labute approximate surface area is 259 Å². The first kappa shape index (κ1) is 24.5. The highest BCUT2D eigenvalue weighted by Crippen LogP contribution is 2.49. The van der Waals surface area contributed by atoms with Crippen LogP contribution < -0.4 is 0 Å². The van der Waals surface area contributed by atoms with Crippen LogP contribution in [0.1, 0.15) is 0 Å². The van der Waals surface area contributed by atoms with Gasteiger partial charge in [0.25, 0.3) is 0 Å². The normalized spacial score (nSPS) is 12.0. The van der Waals surface area contributed by atoms with Crippen molar-refractivity contribution in [2.45, 2.75) is 0 Å². The predicted octanol–water partition coefficient (Wildman–Crippen LogP) is 12.7. The van der Waals surface area contributed by atoms with Crippen molar-refractivity contribution in [3.8, 4) is 22.3 Å². The maximum Gasteiger partial charge on any atom is 0.143 e. The fourth-order valence-electron chi connectivity index (χ4n) is 7.72. The molecule has 0 aliphatic carbocycles. The smallest absolute Gasteiger partial charge is 0.143 e. The fourth-order valence-corrected chi connectivity index (χ4v) is 7.72. The van der Waals surface area contributed by atoms with Crippen molar-refractivity contribution >= 4 is 75.8 Å². The third-order valence-corrected chi connectivity index (χ3v) is 9.62. The molecule has 10 rings (SSSR count). The van der Waals surface area contributed by atoms with Crippen molar-refractivity contribution in [1.82, 2.24) is 0 Å². The first-order chi connectivity index (χ1) is 22.3. The van der Waals surface area contributed by atoms with Crippen LogP contribution >= 0.6 is 0 Å². The first-order valence-electron chi connectivity index (χ1n) is 15.5. The topological polar surface area (TPSA) is 13.1 Å². The Bertz CT molecular complexity index is 2760. The summed E-state index contributed by atoms with van der Waals surface area (Å²) in [5.74, 6) is 0. The van der Waals surface area contributed by atoms with Gasteiger partial charge in [-0.25, -0.2) is 0 Å². The lowest BCUT2D eigenvalue weighted by Crippen LogP contribution is -1.93. The summed E-state index contributed by atoms with van der Waals surface area (Å²) in [6, 6.07) is 57.4. The molecule has 1 heterocycles. The molecule has 0 radical (unpaired) electrons. The van der Waals surface area contributed by atoms with E-state index in [1.54, 1.807) is 0 Å². The second-order valence-electron chi connectivity index (χ2n) is 12.0. The highest BCUT2D eigenvalue weighted by molar-refractivity contribution is 6.29. The highest BCUT2D eigenvalue weighted by atomic mass is 16.3. The van der Waals surface area contributed by atoms with Crippen molar-refractivity contribution in [3.05, 3.63) is 158 Å². The molecule has 0 N–H and O–H groups in total. The van der Waals surface area contributed by atoms with Gasteiger partial charge >= 0.3 is 0 Å². The van der Waals surface area contributed by atoms with Gasteiger partial charge in [-0.1, -0.05) is 140 Å². The summed E-state index contributed by atoms with van der Waals surface area (Å²) in [6.07, 6.45) is 0. The highest BCUT2D eigenvalue weighted by Gasteiger charge is 2.21. The van der Waals surface area contributed by atoms with Crippen LogP contribution in [0.15, 0.2) is 162 Å². The van der Waals surface area contributed by atoms with Gasteiger partial charge in [-0.2, -0.15) is 0 Å². The largest absolute Gasteiger partial charge is 0.455 e. The van der Waals surface area contributed by atoms with E-state index in [9.17, 15) is 0 Å². The number of hydrogen-bond donors (Lipinski definition) is 0. The molecule has 0 aliphatic rings. The van der Waals surface area contributed by atoms with Crippen LogP contribution in [0, 0.1) is 0 Å². The van der Waals surface area contributed by atoms with Crippen molar-refractivity contribution in [2.75, 3.05) is 0 Å². The molecule has 208 valence electrons. The van der Waals surface area contributed by atoms with E-state index >= 15 is 0 Å². The van der Waals surface area contributed by atoms with Gasteiger partial charge in [0, 0.05) is 16.2 Å². The quantitative estimate of drug-likeness (QED) is 0.149. The molecule has 10 aromatic rings. The van der Waals surface area contributed by atoms with Gasteiger partial charge < -0.3 is 4.42 Å². The van der Waals surface area contributed by atoms with E-state index in [1.807, 2.05) is 6.07 Å². The van der Waals surface area contributed by atoms with Gasteiger partial charge in [0.05, 0.1) is 0 Å². The molecule has 0 saturated heterocycles. The van der Waals surface area contributed by atoms with Crippen molar-refractivity contribution in [1.29, 1.82) is 0 Å². The molecule has 1 nitrogen and oxygen atoms in total. The Morgan fingerprint density at radius 2 is 0.711 bits per heavy atom. The van der Waals surface area contributed by atoms with Gasteiger partial charge in [0.15, 0.2) is 0 Å². The SMILES string of the molecule is c1ccc2c(c1)cc(-c1c3ccccc3c(-c3cc4c5ccccc5oc4c4ccccc34)c3ccccc13)c1ccccc12. The van der Waals surface area contributed by atoms with Gasteiger partial charge in [0.1, 0.15) is 11.2 Å². The maximum atomic E-state index is 6.48. The van der Waals surface area contributed by atoms with Crippen LogP contribution in [-0.4, -0.2) is 0 Å². The molecule has 0 aliphatic heterocycles. The summed E-state index contributed by atoms with van der Waals surface area (Å²) < 4.78 is 6.48. The van der Waals surface area contributed by atoms with Crippen molar-refractivity contribution in [2.24, 2.45) is 0 Å². The number of para-hydroxylation sites is 1. The zero-order chi connectivity index (χ0) is 29.5. The summed E-state index contributed by atoms with van der Waals surface area (Å²) in [5, 5.41) is 14.7. The van der Waals surface area contributed by atoms with Crippen LogP contribution in [0.3, 0.4) is 0 Å².